The summed E-state index contributed by atoms with van der Waals surface area (Å²) in [5, 5.41) is 9.36. The van der Waals surface area contributed by atoms with Crippen molar-refractivity contribution in [2.45, 2.75) is 19.4 Å². The molecule has 1 heterocycles. The molecule has 0 aromatic heterocycles. The first kappa shape index (κ1) is 18.4. The molecule has 140 valence electrons. The molecule has 1 aliphatic rings. The fraction of sp³-hybridized carbons (Fsp3) is 0.250. The van der Waals surface area contributed by atoms with Gasteiger partial charge in [0.15, 0.2) is 11.5 Å². The Balaban J connectivity index is 2.06. The summed E-state index contributed by atoms with van der Waals surface area (Å²) in [7, 11) is 1.50. The fourth-order valence-electron chi connectivity index (χ4n) is 3.18. The minimum Gasteiger partial charge on any atom is -0.493 e. The number of hydrogen-bond acceptors (Lipinski definition) is 5. The average molecular weight is 369 g/mol. The van der Waals surface area contributed by atoms with E-state index >= 15 is 0 Å². The number of ether oxygens (including phenoxy) is 2. The number of rotatable bonds is 7. The van der Waals surface area contributed by atoms with Crippen LogP contribution in [0.2, 0.25) is 0 Å². The van der Waals surface area contributed by atoms with Gasteiger partial charge in [-0.3, -0.25) is 19.3 Å². The molecule has 1 unspecified atom stereocenters. The Hall–Kier alpha value is -3.35. The Labute approximate surface area is 156 Å². The van der Waals surface area contributed by atoms with Crippen molar-refractivity contribution in [1.82, 2.24) is 4.90 Å². The lowest BCUT2D eigenvalue weighted by molar-refractivity contribution is -0.138. The highest BCUT2D eigenvalue weighted by Gasteiger charge is 2.41. The molecular weight excluding hydrogens is 350 g/mol. The zero-order valence-electron chi connectivity index (χ0n) is 15.0. The Bertz CT molecular complexity index is 872. The molecule has 3 rings (SSSR count). The lowest BCUT2D eigenvalue weighted by atomic mass is 10.0. The van der Waals surface area contributed by atoms with Crippen LogP contribution >= 0.6 is 0 Å². The van der Waals surface area contributed by atoms with Crippen LogP contribution in [0.3, 0.4) is 0 Å². The summed E-state index contributed by atoms with van der Waals surface area (Å²) in [6.45, 7) is 2.20. The number of carbonyl (C=O) groups is 3. The largest absolute Gasteiger partial charge is 0.493 e. The van der Waals surface area contributed by atoms with Crippen LogP contribution in [-0.4, -0.2) is 41.5 Å². The third-order valence-corrected chi connectivity index (χ3v) is 4.38. The van der Waals surface area contributed by atoms with Crippen molar-refractivity contribution in [2.75, 3.05) is 13.7 Å². The van der Waals surface area contributed by atoms with E-state index in [9.17, 15) is 19.5 Å². The van der Waals surface area contributed by atoms with Crippen LogP contribution in [0.15, 0.2) is 42.5 Å². The number of amides is 2. The maximum atomic E-state index is 12.8. The van der Waals surface area contributed by atoms with Crippen LogP contribution < -0.4 is 9.47 Å². The van der Waals surface area contributed by atoms with Gasteiger partial charge < -0.3 is 14.6 Å². The SMILES string of the molecule is CCOc1cc(C(CC(=O)O)N2C(=O)c3ccccc3C2=O)ccc1OC. The van der Waals surface area contributed by atoms with Crippen LogP contribution in [0, 0.1) is 0 Å². The van der Waals surface area contributed by atoms with E-state index in [1.54, 1.807) is 42.5 Å². The second-order valence-corrected chi connectivity index (χ2v) is 5.98. The number of carboxylic acids is 1. The van der Waals surface area contributed by atoms with E-state index in [1.807, 2.05) is 6.92 Å². The first-order chi connectivity index (χ1) is 13.0. The molecular formula is C20H19NO6. The highest BCUT2D eigenvalue weighted by molar-refractivity contribution is 6.21. The topological polar surface area (TPSA) is 93.1 Å². The van der Waals surface area contributed by atoms with Crippen molar-refractivity contribution in [3.05, 3.63) is 59.2 Å². The zero-order valence-corrected chi connectivity index (χ0v) is 15.0. The molecule has 0 saturated carbocycles. The van der Waals surface area contributed by atoms with Crippen molar-refractivity contribution >= 4 is 17.8 Å². The Morgan fingerprint density at radius 3 is 2.22 bits per heavy atom. The van der Waals surface area contributed by atoms with E-state index in [2.05, 4.69) is 0 Å². The van der Waals surface area contributed by atoms with Crippen LogP contribution in [0.1, 0.15) is 45.7 Å². The number of nitrogens with zero attached hydrogens (tertiary/aromatic N) is 1. The second kappa shape index (κ2) is 7.49. The standard InChI is InChI=1S/C20H19NO6/c1-3-27-17-10-12(8-9-16(17)26-2)15(11-18(22)23)21-19(24)13-6-4-5-7-14(13)20(21)25/h4-10,15H,3,11H2,1-2H3,(H,22,23). The van der Waals surface area contributed by atoms with Gasteiger partial charge in [0.05, 0.1) is 37.3 Å². The van der Waals surface area contributed by atoms with Gasteiger partial charge in [0.2, 0.25) is 0 Å². The van der Waals surface area contributed by atoms with Crippen molar-refractivity contribution in [3.8, 4) is 11.5 Å². The Morgan fingerprint density at radius 1 is 1.07 bits per heavy atom. The lowest BCUT2D eigenvalue weighted by Gasteiger charge is -2.26. The molecule has 7 nitrogen and oxygen atoms in total. The number of carbonyl (C=O) groups excluding carboxylic acids is 2. The Morgan fingerprint density at radius 2 is 1.70 bits per heavy atom. The van der Waals surface area contributed by atoms with Gasteiger partial charge in [0.1, 0.15) is 0 Å². The van der Waals surface area contributed by atoms with Crippen LogP contribution in [-0.2, 0) is 4.79 Å². The maximum Gasteiger partial charge on any atom is 0.305 e. The van der Waals surface area contributed by atoms with Gasteiger partial charge in [-0.15, -0.1) is 0 Å². The molecule has 0 radical (unpaired) electrons. The molecule has 0 fully saturated rings. The summed E-state index contributed by atoms with van der Waals surface area (Å²) < 4.78 is 10.8. The van der Waals surface area contributed by atoms with Gasteiger partial charge in [0, 0.05) is 0 Å². The molecule has 1 atom stereocenters. The minimum atomic E-state index is -1.12. The van der Waals surface area contributed by atoms with Crippen molar-refractivity contribution < 1.29 is 29.0 Å². The summed E-state index contributed by atoms with van der Waals surface area (Å²) >= 11 is 0. The monoisotopic (exact) mass is 369 g/mol. The summed E-state index contributed by atoms with van der Waals surface area (Å²) in [5.41, 5.74) is 1.03. The normalized spacial score (nSPS) is 14.1. The maximum absolute atomic E-state index is 12.8. The third-order valence-electron chi connectivity index (χ3n) is 4.38. The number of hydrogen-bond donors (Lipinski definition) is 1. The number of fused-ring (bicyclic) bond motifs is 1. The lowest BCUT2D eigenvalue weighted by Crippen LogP contribution is -2.35. The van der Waals surface area contributed by atoms with Crippen LogP contribution in [0.4, 0.5) is 0 Å². The number of benzene rings is 2. The number of imide groups is 1. The molecule has 7 heteroatoms. The highest BCUT2D eigenvalue weighted by atomic mass is 16.5. The molecule has 2 aromatic rings. The quantitative estimate of drug-likeness (QED) is 0.755. The van der Waals surface area contributed by atoms with Crippen LogP contribution in [0.25, 0.3) is 0 Å². The number of carboxylic acid groups (broad SMARTS) is 1. The highest BCUT2D eigenvalue weighted by Crippen LogP contribution is 2.37. The van der Waals surface area contributed by atoms with Gasteiger partial charge in [-0.2, -0.15) is 0 Å². The number of methoxy groups -OCH3 is 1. The van der Waals surface area contributed by atoms with Gasteiger partial charge in [-0.25, -0.2) is 0 Å². The third kappa shape index (κ3) is 3.36. The Kier molecular flexibility index (Phi) is 5.12. The van der Waals surface area contributed by atoms with Gasteiger partial charge in [-0.1, -0.05) is 18.2 Å². The van der Waals surface area contributed by atoms with E-state index in [0.29, 0.717) is 23.7 Å². The minimum absolute atomic E-state index is 0.274. The molecule has 0 spiro atoms. The average Bonchev–Trinajstić information content (AvgIpc) is 2.91. The van der Waals surface area contributed by atoms with E-state index in [4.69, 9.17) is 9.47 Å². The fourth-order valence-corrected chi connectivity index (χ4v) is 3.18. The first-order valence-corrected chi connectivity index (χ1v) is 8.47. The van der Waals surface area contributed by atoms with Crippen molar-refractivity contribution in [1.29, 1.82) is 0 Å². The smallest absolute Gasteiger partial charge is 0.305 e. The van der Waals surface area contributed by atoms with E-state index in [0.717, 1.165) is 4.90 Å². The molecule has 0 bridgehead atoms. The predicted molar refractivity (Wildman–Crippen MR) is 96.1 cm³/mol. The molecule has 2 aromatic carbocycles. The van der Waals surface area contributed by atoms with Gasteiger partial charge in [0.25, 0.3) is 11.8 Å². The molecule has 1 N–H and O–H groups in total. The molecule has 0 saturated heterocycles. The summed E-state index contributed by atoms with van der Waals surface area (Å²) in [4.78, 5) is 38.1. The zero-order chi connectivity index (χ0) is 19.6. The summed E-state index contributed by atoms with van der Waals surface area (Å²) in [5.74, 6) is -1.22. The molecule has 0 aliphatic carbocycles. The molecule has 27 heavy (non-hydrogen) atoms. The predicted octanol–water partition coefficient (Wildman–Crippen LogP) is 2.91. The second-order valence-electron chi connectivity index (χ2n) is 5.98. The van der Waals surface area contributed by atoms with E-state index in [1.165, 1.54) is 7.11 Å². The van der Waals surface area contributed by atoms with Gasteiger partial charge >= 0.3 is 5.97 Å². The summed E-state index contributed by atoms with van der Waals surface area (Å²) in [6, 6.07) is 10.4. The van der Waals surface area contributed by atoms with Gasteiger partial charge in [-0.05, 0) is 36.8 Å². The van der Waals surface area contributed by atoms with Crippen molar-refractivity contribution in [2.24, 2.45) is 0 Å². The first-order valence-electron chi connectivity index (χ1n) is 8.47. The van der Waals surface area contributed by atoms with E-state index < -0.39 is 30.2 Å². The number of aliphatic carboxylic acids is 1. The van der Waals surface area contributed by atoms with Crippen molar-refractivity contribution in [3.63, 3.8) is 0 Å². The van der Waals surface area contributed by atoms with E-state index in [-0.39, 0.29) is 11.1 Å². The van der Waals surface area contributed by atoms with Crippen LogP contribution in [0.5, 0.6) is 11.5 Å². The summed E-state index contributed by atoms with van der Waals surface area (Å²) in [6.07, 6.45) is -0.413. The molecule has 1 aliphatic heterocycles. The molecule has 2 amide bonds.